The van der Waals surface area contributed by atoms with Crippen molar-refractivity contribution in [3.8, 4) is 0 Å². The summed E-state index contributed by atoms with van der Waals surface area (Å²) in [6, 6.07) is 3.37. The van der Waals surface area contributed by atoms with Crippen molar-refractivity contribution in [2.45, 2.75) is 24.7 Å². The molecule has 0 saturated carbocycles. The van der Waals surface area contributed by atoms with Crippen LogP contribution >= 0.6 is 0 Å². The van der Waals surface area contributed by atoms with Gasteiger partial charge >= 0.3 is 0 Å². The highest BCUT2D eigenvalue weighted by Crippen LogP contribution is 2.45. The molecule has 1 fully saturated rings. The van der Waals surface area contributed by atoms with E-state index in [1.807, 2.05) is 0 Å². The van der Waals surface area contributed by atoms with Gasteiger partial charge in [-0.05, 0) is 36.0 Å². The molecule has 3 heterocycles. The lowest BCUT2D eigenvalue weighted by atomic mass is 10.0. The van der Waals surface area contributed by atoms with Crippen LogP contribution in [0.2, 0.25) is 0 Å². The molecule has 0 unspecified atom stereocenters. The fraction of sp³-hybridized carbons (Fsp3) is 0.500. The zero-order chi connectivity index (χ0) is 13.5. The van der Waals surface area contributed by atoms with Crippen molar-refractivity contribution in [1.82, 2.24) is 9.47 Å². The third-order valence-electron chi connectivity index (χ3n) is 3.69. The number of nitrogens with zero attached hydrogens (tertiary/aromatic N) is 8. The number of carbonyl (C=O) groups excluding carboxylic acids is 1. The molecule has 2 aliphatic rings. The van der Waals surface area contributed by atoms with E-state index in [2.05, 4.69) is 20.1 Å². The molecule has 0 N–H and O–H groups in total. The van der Waals surface area contributed by atoms with Crippen LogP contribution in [0, 0.1) is 0 Å². The first-order chi connectivity index (χ1) is 9.24. The van der Waals surface area contributed by atoms with E-state index >= 15 is 0 Å². The number of carbonyl (C=O) groups is 1. The van der Waals surface area contributed by atoms with Crippen LogP contribution in [-0.2, 0) is 0 Å². The molecule has 9 nitrogen and oxygen atoms in total. The van der Waals surface area contributed by atoms with Gasteiger partial charge in [0.2, 0.25) is 0 Å². The third-order valence-corrected chi connectivity index (χ3v) is 3.69. The predicted molar refractivity (Wildman–Crippen MR) is 64.8 cm³/mol. The van der Waals surface area contributed by atoms with Crippen LogP contribution in [0.25, 0.3) is 20.9 Å². The Morgan fingerprint density at radius 3 is 3.00 bits per heavy atom. The number of aromatic nitrogens is 1. The van der Waals surface area contributed by atoms with Gasteiger partial charge in [0.25, 0.3) is 5.91 Å². The van der Waals surface area contributed by atoms with Gasteiger partial charge in [-0.3, -0.25) is 4.79 Å². The molecule has 1 saturated heterocycles. The molecule has 19 heavy (non-hydrogen) atoms. The molecule has 0 spiro atoms. The number of hydrogen-bond donors (Lipinski definition) is 0. The fourth-order valence-electron chi connectivity index (χ4n) is 2.95. The van der Waals surface area contributed by atoms with Gasteiger partial charge in [0.1, 0.15) is 17.5 Å². The Morgan fingerprint density at radius 1 is 1.42 bits per heavy atom. The summed E-state index contributed by atoms with van der Waals surface area (Å²) >= 11 is 0. The maximum atomic E-state index is 12.4. The minimum absolute atomic E-state index is 0.195. The normalized spacial score (nSPS) is 28.1. The van der Waals surface area contributed by atoms with Gasteiger partial charge in [-0.2, -0.15) is 0 Å². The molecule has 1 aromatic heterocycles. The van der Waals surface area contributed by atoms with E-state index in [0.717, 1.165) is 0 Å². The average Bonchev–Trinajstić information content (AvgIpc) is 3.02. The second-order valence-corrected chi connectivity index (χ2v) is 4.51. The third kappa shape index (κ3) is 1.33. The smallest absolute Gasteiger partial charge is 0.271 e. The van der Waals surface area contributed by atoms with Crippen LogP contribution < -0.4 is 0 Å². The van der Waals surface area contributed by atoms with Gasteiger partial charge in [0.15, 0.2) is 0 Å². The molecule has 9 heteroatoms. The van der Waals surface area contributed by atoms with Gasteiger partial charge in [-0.25, -0.2) is 0 Å². The summed E-state index contributed by atoms with van der Waals surface area (Å²) < 4.78 is 1.58. The van der Waals surface area contributed by atoms with Crippen molar-refractivity contribution in [3.05, 3.63) is 44.9 Å². The first kappa shape index (κ1) is 11.5. The van der Waals surface area contributed by atoms with E-state index in [-0.39, 0.29) is 5.91 Å². The Bertz CT molecular complexity index is 638. The first-order valence-electron chi connectivity index (χ1n) is 5.84. The van der Waals surface area contributed by atoms with Crippen LogP contribution in [0.4, 0.5) is 0 Å². The molecule has 2 atom stereocenters. The number of hydrogen-bond acceptors (Lipinski definition) is 3. The second kappa shape index (κ2) is 3.94. The van der Waals surface area contributed by atoms with Crippen molar-refractivity contribution < 1.29 is 4.79 Å². The minimum atomic E-state index is -1.12. The molecular formula is C10H10N8O. The van der Waals surface area contributed by atoms with Crippen LogP contribution in [0.1, 0.15) is 29.5 Å². The topological polar surface area (TPSA) is 123 Å². The summed E-state index contributed by atoms with van der Waals surface area (Å²) in [5.41, 5.74) is 16.9. The summed E-state index contributed by atoms with van der Waals surface area (Å²) in [5, 5.41) is 7.56. The van der Waals surface area contributed by atoms with Crippen molar-refractivity contribution in [2.24, 2.45) is 10.2 Å². The lowest BCUT2D eigenvalue weighted by molar-refractivity contribution is 0.0352. The van der Waals surface area contributed by atoms with E-state index in [9.17, 15) is 4.79 Å². The lowest BCUT2D eigenvalue weighted by Gasteiger charge is -2.43. The molecule has 96 valence electrons. The highest BCUT2D eigenvalue weighted by molar-refractivity contribution is 5.94. The molecule has 2 aliphatic heterocycles. The minimum Gasteiger partial charge on any atom is -0.332 e. The van der Waals surface area contributed by atoms with E-state index in [4.69, 9.17) is 11.1 Å². The number of rotatable bonds is 2. The van der Waals surface area contributed by atoms with E-state index in [0.29, 0.717) is 25.1 Å². The maximum Gasteiger partial charge on any atom is 0.271 e. The molecule has 1 amide bonds. The average molecular weight is 258 g/mol. The highest BCUT2D eigenvalue weighted by atomic mass is 16.2. The first-order valence-corrected chi connectivity index (χ1v) is 5.84. The zero-order valence-electron chi connectivity index (χ0n) is 9.92. The van der Waals surface area contributed by atoms with E-state index in [1.165, 1.54) is 4.90 Å². The van der Waals surface area contributed by atoms with Crippen molar-refractivity contribution in [3.63, 3.8) is 0 Å². The Labute approximate surface area is 107 Å². The van der Waals surface area contributed by atoms with Gasteiger partial charge < -0.3 is 9.47 Å². The van der Waals surface area contributed by atoms with E-state index in [1.54, 1.807) is 22.9 Å². The Hall–Kier alpha value is -2.63. The molecular weight excluding hydrogens is 248 g/mol. The molecule has 3 rings (SSSR count). The summed E-state index contributed by atoms with van der Waals surface area (Å²) in [7, 11) is 0. The molecule has 0 aliphatic carbocycles. The largest absolute Gasteiger partial charge is 0.332 e. The molecule has 0 aromatic carbocycles. The summed E-state index contributed by atoms with van der Waals surface area (Å²) in [5.74, 6) is -0.195. The Balaban J connectivity index is 2.28. The standard InChI is InChI=1S/C10H10N8O/c11-15-13-9-10(14-16-12)4-2-6-18(10)8(19)7-3-1-5-17(7)9/h1,3,5,9H,2,4,6H2/t9-,10+/m1/s1. The SMILES string of the molecule is [N-]=[N+]=N[C@@H]1n2cccc2C(=O)N2CCC[C@@]12N=[N+]=[N-]. The summed E-state index contributed by atoms with van der Waals surface area (Å²) in [6.07, 6.45) is 2.13. The van der Waals surface area contributed by atoms with Crippen LogP contribution in [0.3, 0.4) is 0 Å². The fourth-order valence-corrected chi connectivity index (χ4v) is 2.95. The molecule has 1 aromatic rings. The van der Waals surface area contributed by atoms with Crippen molar-refractivity contribution in [1.29, 1.82) is 0 Å². The van der Waals surface area contributed by atoms with Crippen LogP contribution in [0.15, 0.2) is 28.6 Å². The highest BCUT2D eigenvalue weighted by Gasteiger charge is 2.53. The Kier molecular flexibility index (Phi) is 2.38. The lowest BCUT2D eigenvalue weighted by Crippen LogP contribution is -2.55. The number of azide groups is 2. The molecule has 0 radical (unpaired) electrons. The monoisotopic (exact) mass is 258 g/mol. The molecule has 0 bridgehead atoms. The maximum absolute atomic E-state index is 12.4. The number of amides is 1. The van der Waals surface area contributed by atoms with Gasteiger partial charge in [-0.15, -0.1) is 0 Å². The quantitative estimate of drug-likeness (QED) is 0.451. The van der Waals surface area contributed by atoms with Crippen LogP contribution in [0.5, 0.6) is 0 Å². The van der Waals surface area contributed by atoms with Crippen molar-refractivity contribution >= 4 is 5.91 Å². The zero-order valence-corrected chi connectivity index (χ0v) is 9.92. The van der Waals surface area contributed by atoms with E-state index < -0.39 is 11.8 Å². The summed E-state index contributed by atoms with van der Waals surface area (Å²) in [4.78, 5) is 19.6. The van der Waals surface area contributed by atoms with Crippen molar-refractivity contribution in [2.75, 3.05) is 6.54 Å². The second-order valence-electron chi connectivity index (χ2n) is 4.51. The summed E-state index contributed by atoms with van der Waals surface area (Å²) in [6.45, 7) is 0.500. The van der Waals surface area contributed by atoms with Crippen LogP contribution in [-0.4, -0.2) is 27.6 Å². The predicted octanol–water partition coefficient (Wildman–Crippen LogP) is 2.55. The Morgan fingerprint density at radius 2 is 2.26 bits per heavy atom. The van der Waals surface area contributed by atoms with Gasteiger partial charge in [0, 0.05) is 22.6 Å². The number of fused-ring (bicyclic) bond motifs is 2. The van der Waals surface area contributed by atoms with Gasteiger partial charge in [0.05, 0.1) is 0 Å². The van der Waals surface area contributed by atoms with Gasteiger partial charge in [-0.1, -0.05) is 10.2 Å².